The molecule has 0 aliphatic rings. The maximum atomic E-state index is 5.80. The molecule has 0 aliphatic heterocycles. The monoisotopic (exact) mass is 312 g/mol. The van der Waals surface area contributed by atoms with Crippen molar-refractivity contribution in [3.8, 4) is 0 Å². The predicted octanol–water partition coefficient (Wildman–Crippen LogP) is 4.14. The number of aryl methyl sites for hydroxylation is 2. The van der Waals surface area contributed by atoms with Crippen LogP contribution in [0.4, 0.5) is 11.8 Å². The lowest BCUT2D eigenvalue weighted by Crippen LogP contribution is -2.11. The molecule has 0 bridgehead atoms. The largest absolute Gasteiger partial charge is 0.370 e. The summed E-state index contributed by atoms with van der Waals surface area (Å²) >= 11 is 0. The van der Waals surface area contributed by atoms with Crippen molar-refractivity contribution in [3.05, 3.63) is 47.2 Å². The highest BCUT2D eigenvalue weighted by atomic mass is 15.1. The van der Waals surface area contributed by atoms with E-state index in [1.807, 2.05) is 6.92 Å². The summed E-state index contributed by atoms with van der Waals surface area (Å²) in [6.07, 6.45) is 6.71. The average Bonchev–Trinajstić information content (AvgIpc) is 2.54. The van der Waals surface area contributed by atoms with E-state index >= 15 is 0 Å². The van der Waals surface area contributed by atoms with Gasteiger partial charge in [-0.2, -0.15) is 4.98 Å². The van der Waals surface area contributed by atoms with Crippen LogP contribution in [0.15, 0.2) is 30.3 Å². The van der Waals surface area contributed by atoms with Crippen LogP contribution in [0.25, 0.3) is 0 Å². The summed E-state index contributed by atoms with van der Waals surface area (Å²) in [6, 6.07) is 10.6. The third kappa shape index (κ3) is 5.55. The Hall–Kier alpha value is -2.10. The molecule has 0 radical (unpaired) electrons. The normalized spacial score (nSPS) is 10.7. The SMILES string of the molecule is CCCCNc1nc(N)nc(C)c1CCCCc1ccccc1. The van der Waals surface area contributed by atoms with Crippen molar-refractivity contribution in [2.45, 2.75) is 52.4 Å². The van der Waals surface area contributed by atoms with Crippen LogP contribution in [0.5, 0.6) is 0 Å². The third-order valence-corrected chi connectivity index (χ3v) is 4.04. The van der Waals surface area contributed by atoms with Gasteiger partial charge in [0.15, 0.2) is 0 Å². The fourth-order valence-electron chi connectivity index (χ4n) is 2.72. The second-order valence-corrected chi connectivity index (χ2v) is 5.97. The minimum absolute atomic E-state index is 0.356. The molecule has 2 aromatic rings. The van der Waals surface area contributed by atoms with Gasteiger partial charge in [0.2, 0.25) is 5.95 Å². The molecular formula is C19H28N4. The Labute approximate surface area is 139 Å². The highest BCUT2D eigenvalue weighted by molar-refractivity contribution is 5.49. The number of rotatable bonds is 9. The Morgan fingerprint density at radius 3 is 2.48 bits per heavy atom. The number of nitrogens with two attached hydrogens (primary N) is 1. The van der Waals surface area contributed by atoms with Gasteiger partial charge in [0.25, 0.3) is 0 Å². The average molecular weight is 312 g/mol. The molecule has 0 saturated heterocycles. The van der Waals surface area contributed by atoms with Crippen LogP contribution in [-0.2, 0) is 12.8 Å². The Morgan fingerprint density at radius 2 is 1.74 bits per heavy atom. The van der Waals surface area contributed by atoms with Gasteiger partial charge in [0, 0.05) is 17.8 Å². The lowest BCUT2D eigenvalue weighted by molar-refractivity contribution is 0.726. The molecule has 0 unspecified atom stereocenters. The number of hydrogen-bond acceptors (Lipinski definition) is 4. The van der Waals surface area contributed by atoms with Gasteiger partial charge in [-0.15, -0.1) is 0 Å². The molecular weight excluding hydrogens is 284 g/mol. The van der Waals surface area contributed by atoms with Gasteiger partial charge >= 0.3 is 0 Å². The Balaban J connectivity index is 1.92. The van der Waals surface area contributed by atoms with Crippen molar-refractivity contribution in [1.29, 1.82) is 0 Å². The number of benzene rings is 1. The van der Waals surface area contributed by atoms with Crippen molar-refractivity contribution in [2.24, 2.45) is 0 Å². The fraction of sp³-hybridized carbons (Fsp3) is 0.474. The first-order valence-electron chi connectivity index (χ1n) is 8.61. The van der Waals surface area contributed by atoms with E-state index in [-0.39, 0.29) is 0 Å². The summed E-state index contributed by atoms with van der Waals surface area (Å²) in [6.45, 7) is 5.14. The molecule has 0 fully saturated rings. The number of hydrogen-bond donors (Lipinski definition) is 2. The smallest absolute Gasteiger partial charge is 0.222 e. The zero-order valence-electron chi connectivity index (χ0n) is 14.3. The summed E-state index contributed by atoms with van der Waals surface area (Å²) in [5.74, 6) is 1.28. The predicted molar refractivity (Wildman–Crippen MR) is 97.7 cm³/mol. The van der Waals surface area contributed by atoms with Crippen LogP contribution >= 0.6 is 0 Å². The van der Waals surface area contributed by atoms with E-state index in [4.69, 9.17) is 5.73 Å². The van der Waals surface area contributed by atoms with Gasteiger partial charge in [-0.25, -0.2) is 4.98 Å². The molecule has 0 aliphatic carbocycles. The quantitative estimate of drug-likeness (QED) is 0.683. The van der Waals surface area contributed by atoms with Gasteiger partial charge < -0.3 is 11.1 Å². The van der Waals surface area contributed by atoms with Gasteiger partial charge in [0.1, 0.15) is 5.82 Å². The van der Waals surface area contributed by atoms with E-state index in [1.165, 1.54) is 24.0 Å². The number of nitrogens with one attached hydrogen (secondary N) is 1. The van der Waals surface area contributed by atoms with Crippen LogP contribution in [0.1, 0.15) is 49.4 Å². The fourth-order valence-corrected chi connectivity index (χ4v) is 2.72. The van der Waals surface area contributed by atoms with E-state index in [9.17, 15) is 0 Å². The van der Waals surface area contributed by atoms with E-state index < -0.39 is 0 Å². The first kappa shape index (κ1) is 17.3. The molecule has 4 nitrogen and oxygen atoms in total. The van der Waals surface area contributed by atoms with Gasteiger partial charge in [-0.05, 0) is 44.6 Å². The van der Waals surface area contributed by atoms with Gasteiger partial charge in [-0.1, -0.05) is 43.7 Å². The molecule has 0 amide bonds. The third-order valence-electron chi connectivity index (χ3n) is 4.04. The van der Waals surface area contributed by atoms with E-state index in [2.05, 4.69) is 52.5 Å². The van der Waals surface area contributed by atoms with Gasteiger partial charge in [0.05, 0.1) is 0 Å². The summed E-state index contributed by atoms with van der Waals surface area (Å²) in [4.78, 5) is 8.72. The Morgan fingerprint density at radius 1 is 1.00 bits per heavy atom. The number of nitrogen functional groups attached to an aromatic ring is 1. The Kier molecular flexibility index (Phi) is 6.85. The molecule has 0 atom stereocenters. The lowest BCUT2D eigenvalue weighted by atomic mass is 10.0. The zero-order chi connectivity index (χ0) is 16.5. The van der Waals surface area contributed by atoms with Crippen LogP contribution < -0.4 is 11.1 Å². The number of anilines is 2. The van der Waals surface area contributed by atoms with Crippen molar-refractivity contribution in [2.75, 3.05) is 17.6 Å². The van der Waals surface area contributed by atoms with Crippen molar-refractivity contribution < 1.29 is 0 Å². The van der Waals surface area contributed by atoms with Crippen molar-refractivity contribution in [1.82, 2.24) is 9.97 Å². The maximum absolute atomic E-state index is 5.80. The molecule has 3 N–H and O–H groups in total. The maximum Gasteiger partial charge on any atom is 0.222 e. The highest BCUT2D eigenvalue weighted by Crippen LogP contribution is 2.20. The first-order chi connectivity index (χ1) is 11.2. The molecule has 23 heavy (non-hydrogen) atoms. The van der Waals surface area contributed by atoms with Crippen LogP contribution in [0.3, 0.4) is 0 Å². The first-order valence-corrected chi connectivity index (χ1v) is 8.61. The highest BCUT2D eigenvalue weighted by Gasteiger charge is 2.10. The standard InChI is InChI=1S/C19H28N4/c1-3-4-14-21-18-17(15(2)22-19(20)23-18)13-9-8-12-16-10-6-5-7-11-16/h5-7,10-11H,3-4,8-9,12-14H2,1-2H3,(H3,20,21,22,23). The summed E-state index contributed by atoms with van der Waals surface area (Å²) in [5.41, 5.74) is 9.41. The lowest BCUT2D eigenvalue weighted by Gasteiger charge is -2.13. The zero-order valence-corrected chi connectivity index (χ0v) is 14.3. The molecule has 124 valence electrons. The molecule has 0 spiro atoms. The minimum Gasteiger partial charge on any atom is -0.370 e. The molecule has 1 heterocycles. The molecule has 1 aromatic heterocycles. The van der Waals surface area contributed by atoms with Crippen LogP contribution in [0.2, 0.25) is 0 Å². The second-order valence-electron chi connectivity index (χ2n) is 5.97. The van der Waals surface area contributed by atoms with Crippen molar-refractivity contribution in [3.63, 3.8) is 0 Å². The number of aromatic nitrogens is 2. The van der Waals surface area contributed by atoms with E-state index in [0.29, 0.717) is 5.95 Å². The minimum atomic E-state index is 0.356. The summed E-state index contributed by atoms with van der Waals surface area (Å²) in [5, 5.41) is 3.42. The van der Waals surface area contributed by atoms with Crippen LogP contribution in [-0.4, -0.2) is 16.5 Å². The molecule has 2 rings (SSSR count). The molecule has 4 heteroatoms. The van der Waals surface area contributed by atoms with Crippen molar-refractivity contribution >= 4 is 11.8 Å². The van der Waals surface area contributed by atoms with Crippen LogP contribution in [0, 0.1) is 6.92 Å². The Bertz CT molecular complexity index is 596. The summed E-state index contributed by atoms with van der Waals surface area (Å²) in [7, 11) is 0. The number of nitrogens with zero attached hydrogens (tertiary/aromatic N) is 2. The van der Waals surface area contributed by atoms with E-state index in [0.717, 1.165) is 43.7 Å². The number of unbranched alkanes of at least 4 members (excludes halogenated alkanes) is 2. The molecule has 0 saturated carbocycles. The van der Waals surface area contributed by atoms with Gasteiger partial charge in [-0.3, -0.25) is 0 Å². The topological polar surface area (TPSA) is 63.8 Å². The van der Waals surface area contributed by atoms with E-state index in [1.54, 1.807) is 0 Å². The molecule has 1 aromatic carbocycles. The summed E-state index contributed by atoms with van der Waals surface area (Å²) < 4.78 is 0. The second kappa shape index (κ2) is 9.13.